The molecule has 0 atom stereocenters. The molecule has 3 rings (SSSR count). The maximum absolute atomic E-state index is 12.6. The number of hydrogen-bond acceptors (Lipinski definition) is 4. The molecule has 0 aliphatic carbocycles. The van der Waals surface area contributed by atoms with E-state index in [9.17, 15) is 31.1 Å². The summed E-state index contributed by atoms with van der Waals surface area (Å²) in [5.41, 5.74) is -1.85. The third-order valence-electron chi connectivity index (χ3n) is 3.53. The van der Waals surface area contributed by atoms with Crippen LogP contribution in [0.3, 0.4) is 0 Å². The highest BCUT2D eigenvalue weighted by Gasteiger charge is 2.31. The molecule has 2 heterocycles. The summed E-state index contributed by atoms with van der Waals surface area (Å²) in [5, 5.41) is 2.24. The Bertz CT molecular complexity index is 976. The highest BCUT2D eigenvalue weighted by molar-refractivity contribution is 6.02. The van der Waals surface area contributed by atoms with E-state index >= 15 is 0 Å². The van der Waals surface area contributed by atoms with Gasteiger partial charge in [-0.25, -0.2) is 9.97 Å². The van der Waals surface area contributed by atoms with Crippen molar-refractivity contribution in [3.8, 4) is 11.5 Å². The Morgan fingerprint density at radius 2 is 1.50 bits per heavy atom. The number of alkyl halides is 6. The van der Waals surface area contributed by atoms with Crippen LogP contribution in [0, 0.1) is 0 Å². The van der Waals surface area contributed by atoms with Crippen molar-refractivity contribution in [3.63, 3.8) is 0 Å². The van der Waals surface area contributed by atoms with Crippen LogP contribution in [0.4, 0.5) is 32.2 Å². The van der Waals surface area contributed by atoms with E-state index in [0.717, 1.165) is 42.7 Å². The Balaban J connectivity index is 1.72. The number of oxazole rings is 1. The van der Waals surface area contributed by atoms with Crippen molar-refractivity contribution in [1.29, 1.82) is 0 Å². The molecule has 11 heteroatoms. The maximum atomic E-state index is 12.6. The topological polar surface area (TPSA) is 68.0 Å². The van der Waals surface area contributed by atoms with Gasteiger partial charge in [0.25, 0.3) is 5.91 Å². The lowest BCUT2D eigenvalue weighted by Gasteiger charge is -2.07. The van der Waals surface area contributed by atoms with E-state index in [1.807, 2.05) is 0 Å². The highest BCUT2D eigenvalue weighted by atomic mass is 19.4. The molecule has 0 fully saturated rings. The van der Waals surface area contributed by atoms with Crippen molar-refractivity contribution in [3.05, 3.63) is 65.7 Å². The SMILES string of the molecule is O=C(Nc1ccc(C(F)(F)F)cn1)c1coc(-c2ccc(C(F)(F)F)cc2)n1. The monoisotopic (exact) mass is 401 g/mol. The third kappa shape index (κ3) is 4.30. The number of pyridine rings is 1. The Hall–Kier alpha value is -3.37. The molecule has 5 nitrogen and oxygen atoms in total. The number of amides is 1. The van der Waals surface area contributed by atoms with Gasteiger partial charge in [0.2, 0.25) is 5.89 Å². The van der Waals surface area contributed by atoms with Crippen molar-refractivity contribution >= 4 is 11.7 Å². The van der Waals surface area contributed by atoms with Gasteiger partial charge in [0.05, 0.1) is 11.1 Å². The van der Waals surface area contributed by atoms with Crippen LogP contribution < -0.4 is 5.32 Å². The summed E-state index contributed by atoms with van der Waals surface area (Å²) in [4.78, 5) is 19.4. The smallest absolute Gasteiger partial charge is 0.417 e. The van der Waals surface area contributed by atoms with Crippen LogP contribution >= 0.6 is 0 Å². The molecule has 1 aromatic carbocycles. The molecule has 2 aromatic heterocycles. The zero-order chi connectivity index (χ0) is 20.5. The summed E-state index contributed by atoms with van der Waals surface area (Å²) < 4.78 is 80.3. The highest BCUT2D eigenvalue weighted by Crippen LogP contribution is 2.31. The third-order valence-corrected chi connectivity index (χ3v) is 3.53. The number of hydrogen-bond donors (Lipinski definition) is 1. The number of nitrogens with one attached hydrogen (secondary N) is 1. The first-order chi connectivity index (χ1) is 13.0. The zero-order valence-corrected chi connectivity index (χ0v) is 13.6. The summed E-state index contributed by atoms with van der Waals surface area (Å²) in [6.07, 6.45) is -7.52. The second kappa shape index (κ2) is 6.98. The van der Waals surface area contributed by atoms with Crippen LogP contribution in [0.15, 0.2) is 53.3 Å². The van der Waals surface area contributed by atoms with E-state index in [-0.39, 0.29) is 23.0 Å². The molecule has 28 heavy (non-hydrogen) atoms. The van der Waals surface area contributed by atoms with Gasteiger partial charge in [-0.05, 0) is 36.4 Å². The van der Waals surface area contributed by atoms with Gasteiger partial charge in [0.15, 0.2) is 5.69 Å². The summed E-state index contributed by atoms with van der Waals surface area (Å²) in [6, 6.07) is 5.66. The lowest BCUT2D eigenvalue weighted by atomic mass is 10.1. The molecule has 1 amide bonds. The molecular formula is C17H9F6N3O2. The summed E-state index contributed by atoms with van der Waals surface area (Å²) >= 11 is 0. The van der Waals surface area contributed by atoms with Crippen LogP contribution in [0.1, 0.15) is 21.6 Å². The second-order valence-corrected chi connectivity index (χ2v) is 5.50. The van der Waals surface area contributed by atoms with Crippen molar-refractivity contribution in [1.82, 2.24) is 9.97 Å². The molecule has 0 aliphatic rings. The molecule has 0 saturated carbocycles. The van der Waals surface area contributed by atoms with Gasteiger partial charge in [-0.15, -0.1) is 0 Å². The molecule has 0 saturated heterocycles. The fourth-order valence-corrected chi connectivity index (χ4v) is 2.13. The standard InChI is InChI=1S/C17H9F6N3O2/c18-16(19,20)10-3-1-9(2-4-10)15-25-12(8-28-15)14(27)26-13-6-5-11(7-24-13)17(21,22)23/h1-8H,(H,24,26,27). The molecule has 0 unspecified atom stereocenters. The Morgan fingerprint density at radius 1 is 0.893 bits per heavy atom. The molecule has 0 aliphatic heterocycles. The molecule has 3 aromatic rings. The van der Waals surface area contributed by atoms with Gasteiger partial charge >= 0.3 is 12.4 Å². The number of halogens is 6. The number of nitrogens with zero attached hydrogens (tertiary/aromatic N) is 2. The van der Waals surface area contributed by atoms with Crippen LogP contribution in [0.5, 0.6) is 0 Å². The Labute approximate surface area is 153 Å². The summed E-state index contributed by atoms with van der Waals surface area (Å²) in [7, 11) is 0. The second-order valence-electron chi connectivity index (χ2n) is 5.50. The van der Waals surface area contributed by atoms with E-state index in [0.29, 0.717) is 6.20 Å². The van der Waals surface area contributed by atoms with E-state index in [1.54, 1.807) is 0 Å². The first kappa shape index (κ1) is 19.4. The van der Waals surface area contributed by atoms with Crippen LogP contribution in [-0.2, 0) is 12.4 Å². The molecular weight excluding hydrogens is 392 g/mol. The lowest BCUT2D eigenvalue weighted by molar-refractivity contribution is -0.138. The minimum absolute atomic E-state index is 0.0979. The lowest BCUT2D eigenvalue weighted by Crippen LogP contribution is -2.14. The van der Waals surface area contributed by atoms with Gasteiger partial charge in [-0.3, -0.25) is 4.79 Å². The number of carbonyl (C=O) groups excluding carboxylic acids is 1. The number of benzene rings is 1. The average molecular weight is 401 g/mol. The number of rotatable bonds is 3. The van der Waals surface area contributed by atoms with E-state index in [1.165, 1.54) is 0 Å². The van der Waals surface area contributed by atoms with Gasteiger partial charge < -0.3 is 9.73 Å². The van der Waals surface area contributed by atoms with Crippen molar-refractivity contribution in [2.24, 2.45) is 0 Å². The molecule has 0 radical (unpaired) electrons. The predicted molar refractivity (Wildman–Crippen MR) is 84.1 cm³/mol. The van der Waals surface area contributed by atoms with E-state index in [2.05, 4.69) is 15.3 Å². The average Bonchev–Trinajstić information content (AvgIpc) is 3.11. The molecule has 146 valence electrons. The van der Waals surface area contributed by atoms with Gasteiger partial charge in [0, 0.05) is 11.8 Å². The Morgan fingerprint density at radius 3 is 2.04 bits per heavy atom. The van der Waals surface area contributed by atoms with Crippen molar-refractivity contribution < 1.29 is 35.6 Å². The fraction of sp³-hybridized carbons (Fsp3) is 0.118. The van der Waals surface area contributed by atoms with Gasteiger partial charge in [-0.2, -0.15) is 26.3 Å². The number of carbonyl (C=O) groups is 1. The molecule has 1 N–H and O–H groups in total. The minimum Gasteiger partial charge on any atom is -0.444 e. The maximum Gasteiger partial charge on any atom is 0.417 e. The summed E-state index contributed by atoms with van der Waals surface area (Å²) in [5.74, 6) is -1.05. The quantitative estimate of drug-likeness (QED) is 0.626. The van der Waals surface area contributed by atoms with Crippen LogP contribution in [0.2, 0.25) is 0 Å². The fourth-order valence-electron chi connectivity index (χ4n) is 2.13. The normalized spacial score (nSPS) is 12.1. The van der Waals surface area contributed by atoms with Gasteiger partial charge in [0.1, 0.15) is 12.1 Å². The molecule has 0 spiro atoms. The van der Waals surface area contributed by atoms with Crippen LogP contribution in [-0.4, -0.2) is 15.9 Å². The minimum atomic E-state index is -4.56. The van der Waals surface area contributed by atoms with Crippen molar-refractivity contribution in [2.75, 3.05) is 5.32 Å². The van der Waals surface area contributed by atoms with Crippen molar-refractivity contribution in [2.45, 2.75) is 12.4 Å². The molecule has 0 bridgehead atoms. The number of aromatic nitrogens is 2. The first-order valence-corrected chi connectivity index (χ1v) is 7.52. The van der Waals surface area contributed by atoms with Crippen LogP contribution in [0.25, 0.3) is 11.5 Å². The number of anilines is 1. The first-order valence-electron chi connectivity index (χ1n) is 7.52. The predicted octanol–water partition coefficient (Wildman–Crippen LogP) is 5.03. The summed E-state index contributed by atoms with van der Waals surface area (Å²) in [6.45, 7) is 0. The van der Waals surface area contributed by atoms with E-state index in [4.69, 9.17) is 4.42 Å². The largest absolute Gasteiger partial charge is 0.444 e. The Kier molecular flexibility index (Phi) is 4.84. The zero-order valence-electron chi connectivity index (χ0n) is 13.6. The van der Waals surface area contributed by atoms with E-state index < -0.39 is 29.4 Å². The van der Waals surface area contributed by atoms with Gasteiger partial charge in [-0.1, -0.05) is 0 Å².